The zero-order valence-electron chi connectivity index (χ0n) is 30.0. The Balaban J connectivity index is 1.38. The van der Waals surface area contributed by atoms with Gasteiger partial charge in [-0.15, -0.1) is 0 Å². The molecule has 0 fully saturated rings. The van der Waals surface area contributed by atoms with Crippen molar-refractivity contribution >= 4 is 39.8 Å². The number of nitrogens with zero attached hydrogens (tertiary/aromatic N) is 6. The van der Waals surface area contributed by atoms with Crippen LogP contribution in [-0.2, 0) is 19.3 Å². The minimum atomic E-state index is -4.76. The van der Waals surface area contributed by atoms with Gasteiger partial charge < -0.3 is 29.7 Å². The number of nitrogen functional groups attached to an aromatic ring is 1. The first kappa shape index (κ1) is 36.5. The van der Waals surface area contributed by atoms with Crippen LogP contribution in [0.15, 0.2) is 85.5 Å². The highest BCUT2D eigenvalue weighted by Crippen LogP contribution is 2.49. The number of benzene rings is 3. The number of hydrogen-bond donors (Lipinski definition) is 1. The summed E-state index contributed by atoms with van der Waals surface area (Å²) in [6.45, 7) is 4.66. The summed E-state index contributed by atoms with van der Waals surface area (Å²) in [5, 5.41) is 0.458. The number of ether oxygens (including phenoxy) is 3. The summed E-state index contributed by atoms with van der Waals surface area (Å²) in [4.78, 5) is 22.1. The smallest absolute Gasteiger partial charge is 0.418 e. The van der Waals surface area contributed by atoms with Gasteiger partial charge in [-0.2, -0.15) is 13.2 Å². The first-order valence-electron chi connectivity index (χ1n) is 17.1. The quantitative estimate of drug-likeness (QED) is 0.146. The number of hydrogen-bond acceptors (Lipinski definition) is 10. The van der Waals surface area contributed by atoms with Gasteiger partial charge in [0.25, 0.3) is 0 Å². The number of aromatic nitrogens is 4. The first-order chi connectivity index (χ1) is 25.9. The van der Waals surface area contributed by atoms with E-state index in [0.717, 1.165) is 16.7 Å². The Labute approximate surface area is 315 Å². The van der Waals surface area contributed by atoms with E-state index in [0.29, 0.717) is 59.4 Å². The second-order valence-electron chi connectivity index (χ2n) is 13.0. The van der Waals surface area contributed by atoms with Crippen LogP contribution in [0.1, 0.15) is 40.8 Å². The van der Waals surface area contributed by atoms with Crippen LogP contribution in [0.3, 0.4) is 0 Å². The highest BCUT2D eigenvalue weighted by Gasteiger charge is 2.39. The van der Waals surface area contributed by atoms with Crippen LogP contribution in [0.2, 0.25) is 5.02 Å². The second kappa shape index (κ2) is 14.9. The van der Waals surface area contributed by atoms with Gasteiger partial charge in [-0.25, -0.2) is 15.0 Å². The molecule has 7 rings (SSSR count). The van der Waals surface area contributed by atoms with Gasteiger partial charge in [0.15, 0.2) is 5.75 Å². The number of rotatable bonds is 10. The third-order valence-electron chi connectivity index (χ3n) is 9.51. The molecule has 1 atom stereocenters. The molecule has 0 saturated heterocycles. The molecular formula is C40H37ClF3N7O3. The van der Waals surface area contributed by atoms with E-state index in [1.807, 2.05) is 71.3 Å². The van der Waals surface area contributed by atoms with Gasteiger partial charge >= 0.3 is 6.18 Å². The molecule has 3 aromatic heterocycles. The van der Waals surface area contributed by atoms with Gasteiger partial charge in [0.1, 0.15) is 36.1 Å². The summed E-state index contributed by atoms with van der Waals surface area (Å²) < 4.78 is 62.1. The van der Waals surface area contributed by atoms with E-state index in [1.54, 1.807) is 26.6 Å². The summed E-state index contributed by atoms with van der Waals surface area (Å²) in [6, 6.07) is 19.6. The van der Waals surface area contributed by atoms with E-state index >= 15 is 13.2 Å². The summed E-state index contributed by atoms with van der Waals surface area (Å²) in [5.41, 5.74) is 8.35. The van der Waals surface area contributed by atoms with Crippen LogP contribution >= 0.6 is 11.6 Å². The molecule has 1 aliphatic heterocycles. The first-order valence-corrected chi connectivity index (χ1v) is 17.5. The fourth-order valence-electron chi connectivity index (χ4n) is 6.78. The molecule has 278 valence electrons. The van der Waals surface area contributed by atoms with Crippen molar-refractivity contribution in [3.8, 4) is 28.5 Å². The molecule has 0 aliphatic carbocycles. The average Bonchev–Trinajstić information content (AvgIpc) is 3.36. The van der Waals surface area contributed by atoms with Crippen molar-refractivity contribution in [2.45, 2.75) is 39.2 Å². The molecule has 14 heteroatoms. The number of halogens is 4. The highest BCUT2D eigenvalue weighted by atomic mass is 35.5. The largest absolute Gasteiger partial charge is 0.497 e. The van der Waals surface area contributed by atoms with Crippen LogP contribution < -0.4 is 29.7 Å². The van der Waals surface area contributed by atoms with E-state index in [1.165, 1.54) is 25.4 Å². The van der Waals surface area contributed by atoms with Crippen molar-refractivity contribution in [2.75, 3.05) is 42.9 Å². The molecule has 10 nitrogen and oxygen atoms in total. The van der Waals surface area contributed by atoms with E-state index < -0.39 is 11.7 Å². The van der Waals surface area contributed by atoms with Crippen LogP contribution in [0.4, 0.5) is 30.5 Å². The van der Waals surface area contributed by atoms with Gasteiger partial charge in [-0.3, -0.25) is 4.98 Å². The molecule has 4 heterocycles. The van der Waals surface area contributed by atoms with Gasteiger partial charge in [0, 0.05) is 31.0 Å². The fraction of sp³-hybridized carbons (Fsp3) is 0.250. The number of anilines is 3. The predicted octanol–water partition coefficient (Wildman–Crippen LogP) is 8.83. The Morgan fingerprint density at radius 1 is 0.944 bits per heavy atom. The average molecular weight is 756 g/mol. The lowest BCUT2D eigenvalue weighted by molar-refractivity contribution is -0.137. The Bertz CT molecular complexity index is 2260. The highest BCUT2D eigenvalue weighted by molar-refractivity contribution is 6.36. The lowest BCUT2D eigenvalue weighted by Gasteiger charge is -2.29. The monoisotopic (exact) mass is 755 g/mol. The van der Waals surface area contributed by atoms with Crippen molar-refractivity contribution in [1.29, 1.82) is 0 Å². The number of aryl methyl sites for hydroxylation is 1. The minimum Gasteiger partial charge on any atom is -0.497 e. The maximum atomic E-state index is 15.1. The summed E-state index contributed by atoms with van der Waals surface area (Å²) in [7, 11) is 3.17. The van der Waals surface area contributed by atoms with Crippen LogP contribution in [0.5, 0.6) is 17.2 Å². The third kappa shape index (κ3) is 7.23. The molecule has 3 aromatic carbocycles. The molecule has 0 radical (unpaired) electrons. The molecule has 6 aromatic rings. The lowest BCUT2D eigenvalue weighted by Crippen LogP contribution is -2.31. The normalized spacial score (nSPS) is 13.3. The number of methoxy groups -OCH3 is 2. The zero-order valence-corrected chi connectivity index (χ0v) is 30.7. The third-order valence-corrected chi connectivity index (χ3v) is 9.89. The number of alkyl halides is 3. The molecule has 54 heavy (non-hydrogen) atoms. The van der Waals surface area contributed by atoms with Crippen LogP contribution in [0, 0.1) is 6.92 Å². The predicted molar refractivity (Wildman–Crippen MR) is 203 cm³/mol. The van der Waals surface area contributed by atoms with Crippen LogP contribution in [-0.4, -0.2) is 47.3 Å². The van der Waals surface area contributed by atoms with Crippen molar-refractivity contribution in [2.24, 2.45) is 0 Å². The van der Waals surface area contributed by atoms with Crippen molar-refractivity contribution < 1.29 is 27.4 Å². The number of pyridine rings is 2. The molecule has 2 N–H and O–H groups in total. The second-order valence-corrected chi connectivity index (χ2v) is 13.4. The lowest BCUT2D eigenvalue weighted by atomic mass is 9.98. The van der Waals surface area contributed by atoms with Crippen LogP contribution in [0.25, 0.3) is 22.2 Å². The molecule has 0 unspecified atom stereocenters. The molecule has 0 spiro atoms. The topological polar surface area (TPSA) is 112 Å². The Hall–Kier alpha value is -5.82. The standard InChI is InChI=1S/C40H37ClF3N7O3/c1-23-15-33(50(20-25-5-9-29(52-3)10-6-25)21-26-7-11-30(53-4)12-8-26)49-37(35(23)40(42,43)44)31-17-32-34-38(36(31)41)54-14-13-51(39(34)48-22-47-32)24(2)27-16-28(45)19-46-18-27/h5-12,15-19,22,24H,13-14,20-21,45H2,1-4H3/t24-/m1/s1. The molecule has 1 aliphatic rings. The van der Waals surface area contributed by atoms with E-state index in [9.17, 15) is 0 Å². The Morgan fingerprint density at radius 3 is 2.19 bits per heavy atom. The Morgan fingerprint density at radius 2 is 1.59 bits per heavy atom. The Kier molecular flexibility index (Phi) is 10.1. The maximum Gasteiger partial charge on any atom is 0.418 e. The van der Waals surface area contributed by atoms with Gasteiger partial charge in [0.2, 0.25) is 0 Å². The molecule has 0 bridgehead atoms. The van der Waals surface area contributed by atoms with E-state index in [-0.39, 0.29) is 40.2 Å². The number of nitrogens with two attached hydrogens (primary N) is 1. The zero-order chi connectivity index (χ0) is 38.1. The van der Waals surface area contributed by atoms with Gasteiger partial charge in [-0.1, -0.05) is 35.9 Å². The summed E-state index contributed by atoms with van der Waals surface area (Å²) in [6.07, 6.45) is -0.0798. The van der Waals surface area contributed by atoms with E-state index in [2.05, 4.69) is 15.0 Å². The summed E-state index contributed by atoms with van der Waals surface area (Å²) in [5.74, 6) is 2.40. The van der Waals surface area contributed by atoms with Crippen molar-refractivity contribution in [3.05, 3.63) is 118 Å². The minimum absolute atomic E-state index is 0.0148. The van der Waals surface area contributed by atoms with Crippen molar-refractivity contribution in [3.63, 3.8) is 0 Å². The molecule has 0 saturated carbocycles. The summed E-state index contributed by atoms with van der Waals surface area (Å²) >= 11 is 7.12. The molecule has 0 amide bonds. The van der Waals surface area contributed by atoms with Crippen molar-refractivity contribution in [1.82, 2.24) is 19.9 Å². The van der Waals surface area contributed by atoms with Gasteiger partial charge in [-0.05, 0) is 78.6 Å². The van der Waals surface area contributed by atoms with Gasteiger partial charge in [0.05, 0.1) is 59.7 Å². The maximum absolute atomic E-state index is 15.1. The molecular weight excluding hydrogens is 719 g/mol. The van der Waals surface area contributed by atoms with E-state index in [4.69, 9.17) is 36.5 Å². The SMILES string of the molecule is COc1ccc(CN(Cc2ccc(OC)cc2)c2cc(C)c(C(F)(F)F)c(-c3cc4ncnc5c4c(c3Cl)OCCN5[C@H](C)c3cncc(N)c3)n2)cc1. The fourth-order valence-corrected chi connectivity index (χ4v) is 7.07.